The number of aliphatic imine (C=N–C) groups is 1. The van der Waals surface area contributed by atoms with Crippen LogP contribution < -0.4 is 15.4 Å². The van der Waals surface area contributed by atoms with E-state index < -0.39 is 0 Å². The molecule has 0 aliphatic carbocycles. The van der Waals surface area contributed by atoms with Gasteiger partial charge in [-0.25, -0.2) is 4.99 Å². The van der Waals surface area contributed by atoms with Crippen LogP contribution in [0, 0.1) is 0 Å². The van der Waals surface area contributed by atoms with E-state index in [0.717, 1.165) is 37.2 Å². The summed E-state index contributed by atoms with van der Waals surface area (Å²) in [6.45, 7) is 2.31. The number of ether oxygens (including phenoxy) is 2. The fourth-order valence-electron chi connectivity index (χ4n) is 2.70. The lowest BCUT2D eigenvalue weighted by Crippen LogP contribution is -2.42. The summed E-state index contributed by atoms with van der Waals surface area (Å²) in [7, 11) is 5.13. The molecule has 1 unspecified atom stereocenters. The van der Waals surface area contributed by atoms with E-state index in [1.165, 1.54) is 4.90 Å². The molecule has 7 heteroatoms. The van der Waals surface area contributed by atoms with Gasteiger partial charge < -0.3 is 25.0 Å². The fourth-order valence-corrected chi connectivity index (χ4v) is 2.70. The Kier molecular flexibility index (Phi) is 8.21. The first kappa shape index (κ1) is 20.0. The number of likely N-dealkylation sites (N-methyl/N-ethyl adjacent to an activating group) is 1. The van der Waals surface area contributed by atoms with Crippen molar-refractivity contribution in [2.24, 2.45) is 4.99 Å². The van der Waals surface area contributed by atoms with Crippen molar-refractivity contribution in [2.45, 2.75) is 25.4 Å². The second-order valence-electron chi connectivity index (χ2n) is 6.46. The minimum absolute atomic E-state index is 0.0343. The summed E-state index contributed by atoms with van der Waals surface area (Å²) in [5.74, 6) is 1.47. The van der Waals surface area contributed by atoms with Crippen LogP contribution in [0.3, 0.4) is 0 Å². The Hall–Kier alpha value is -2.28. The summed E-state index contributed by atoms with van der Waals surface area (Å²) >= 11 is 0. The van der Waals surface area contributed by atoms with Gasteiger partial charge in [-0.15, -0.1) is 0 Å². The van der Waals surface area contributed by atoms with Gasteiger partial charge in [0.15, 0.2) is 5.96 Å². The van der Waals surface area contributed by atoms with Crippen molar-refractivity contribution in [3.8, 4) is 5.75 Å². The standard InChI is InChI=1S/C19H30N4O3/c1-23(2)18(24)14-22-19(21-13-16-8-6-12-26-16)20-11-10-15-7-4-5-9-17(15)25-3/h4-5,7,9,16H,6,8,10-14H2,1-3H3,(H2,20,21,22). The van der Waals surface area contributed by atoms with Gasteiger partial charge in [-0.3, -0.25) is 4.79 Å². The Morgan fingerprint density at radius 1 is 1.35 bits per heavy atom. The topological polar surface area (TPSA) is 75.2 Å². The Bertz CT molecular complexity index is 598. The molecule has 144 valence electrons. The molecule has 1 heterocycles. The number of carbonyl (C=O) groups excluding carboxylic acids is 1. The SMILES string of the molecule is COc1ccccc1CCNC(=NCC(=O)N(C)C)NCC1CCCO1. The predicted molar refractivity (Wildman–Crippen MR) is 103 cm³/mol. The molecule has 1 atom stereocenters. The lowest BCUT2D eigenvalue weighted by Gasteiger charge is -2.16. The monoisotopic (exact) mass is 362 g/mol. The molecule has 0 spiro atoms. The maximum atomic E-state index is 11.8. The Morgan fingerprint density at radius 3 is 2.85 bits per heavy atom. The number of nitrogens with zero attached hydrogens (tertiary/aromatic N) is 2. The van der Waals surface area contributed by atoms with Crippen LogP contribution in [0.25, 0.3) is 0 Å². The predicted octanol–water partition coefficient (Wildman–Crippen LogP) is 1.04. The Morgan fingerprint density at radius 2 is 2.15 bits per heavy atom. The van der Waals surface area contributed by atoms with E-state index in [2.05, 4.69) is 15.6 Å². The summed E-state index contributed by atoms with van der Waals surface area (Å²) in [5, 5.41) is 6.58. The van der Waals surface area contributed by atoms with Crippen LogP contribution in [0.2, 0.25) is 0 Å². The molecule has 0 aromatic heterocycles. The largest absolute Gasteiger partial charge is 0.496 e. The van der Waals surface area contributed by atoms with Gasteiger partial charge in [-0.2, -0.15) is 0 Å². The molecular weight excluding hydrogens is 332 g/mol. The summed E-state index contributed by atoms with van der Waals surface area (Å²) < 4.78 is 11.0. The van der Waals surface area contributed by atoms with Gasteiger partial charge in [-0.05, 0) is 30.9 Å². The van der Waals surface area contributed by atoms with Crippen molar-refractivity contribution in [1.29, 1.82) is 0 Å². The molecule has 1 aliphatic heterocycles. The number of methoxy groups -OCH3 is 1. The first-order valence-electron chi connectivity index (χ1n) is 9.06. The van der Waals surface area contributed by atoms with Crippen LogP contribution in [0.5, 0.6) is 5.75 Å². The number of para-hydroxylation sites is 1. The fraction of sp³-hybridized carbons (Fsp3) is 0.579. The van der Waals surface area contributed by atoms with E-state index in [-0.39, 0.29) is 18.6 Å². The molecule has 0 radical (unpaired) electrons. The lowest BCUT2D eigenvalue weighted by molar-refractivity contribution is -0.127. The molecule has 0 bridgehead atoms. The number of nitrogens with one attached hydrogen (secondary N) is 2. The van der Waals surface area contributed by atoms with E-state index >= 15 is 0 Å². The Labute approximate surface area is 155 Å². The third kappa shape index (κ3) is 6.55. The maximum Gasteiger partial charge on any atom is 0.243 e. The van der Waals surface area contributed by atoms with Crippen LogP contribution in [-0.2, 0) is 16.0 Å². The van der Waals surface area contributed by atoms with E-state index in [0.29, 0.717) is 19.0 Å². The van der Waals surface area contributed by atoms with Crippen molar-refractivity contribution < 1.29 is 14.3 Å². The highest BCUT2D eigenvalue weighted by atomic mass is 16.5. The van der Waals surface area contributed by atoms with Crippen molar-refractivity contribution in [3.05, 3.63) is 29.8 Å². The number of amides is 1. The molecule has 1 amide bonds. The van der Waals surface area contributed by atoms with Gasteiger partial charge in [-0.1, -0.05) is 18.2 Å². The van der Waals surface area contributed by atoms with E-state index in [1.54, 1.807) is 21.2 Å². The average Bonchev–Trinajstić information content (AvgIpc) is 3.17. The molecule has 0 saturated carbocycles. The van der Waals surface area contributed by atoms with Crippen LogP contribution in [0.1, 0.15) is 18.4 Å². The van der Waals surface area contributed by atoms with Crippen molar-refractivity contribution in [1.82, 2.24) is 15.5 Å². The summed E-state index contributed by atoms with van der Waals surface area (Å²) in [6, 6.07) is 7.96. The normalized spacial score (nSPS) is 17.0. The molecule has 1 aliphatic rings. The molecule has 2 N–H and O–H groups in total. The van der Waals surface area contributed by atoms with Gasteiger partial charge in [0.2, 0.25) is 5.91 Å². The third-order valence-corrected chi connectivity index (χ3v) is 4.27. The van der Waals surface area contributed by atoms with Gasteiger partial charge in [0.1, 0.15) is 12.3 Å². The first-order chi connectivity index (χ1) is 12.6. The number of rotatable bonds is 8. The first-order valence-corrected chi connectivity index (χ1v) is 9.06. The summed E-state index contributed by atoms with van der Waals surface area (Å²) in [4.78, 5) is 17.7. The van der Waals surface area contributed by atoms with Gasteiger partial charge in [0.25, 0.3) is 0 Å². The highest BCUT2D eigenvalue weighted by Gasteiger charge is 2.16. The van der Waals surface area contributed by atoms with Gasteiger partial charge in [0.05, 0.1) is 13.2 Å². The molecule has 1 saturated heterocycles. The number of carbonyl (C=O) groups is 1. The smallest absolute Gasteiger partial charge is 0.243 e. The second-order valence-corrected chi connectivity index (χ2v) is 6.46. The number of guanidine groups is 1. The highest BCUT2D eigenvalue weighted by molar-refractivity contribution is 5.84. The minimum atomic E-state index is -0.0343. The van der Waals surface area contributed by atoms with Crippen LogP contribution >= 0.6 is 0 Å². The zero-order valence-electron chi connectivity index (χ0n) is 16.0. The molecule has 1 aromatic rings. The summed E-state index contributed by atoms with van der Waals surface area (Å²) in [6.07, 6.45) is 3.16. The molecule has 1 fully saturated rings. The van der Waals surface area contributed by atoms with Crippen molar-refractivity contribution >= 4 is 11.9 Å². The van der Waals surface area contributed by atoms with Crippen LogP contribution in [-0.4, -0.2) is 70.3 Å². The second kappa shape index (κ2) is 10.7. The molecule has 7 nitrogen and oxygen atoms in total. The van der Waals surface area contributed by atoms with Crippen LogP contribution in [0.15, 0.2) is 29.3 Å². The van der Waals surface area contributed by atoms with Crippen molar-refractivity contribution in [2.75, 3.05) is 47.4 Å². The van der Waals surface area contributed by atoms with Gasteiger partial charge >= 0.3 is 0 Å². The zero-order chi connectivity index (χ0) is 18.8. The number of benzene rings is 1. The van der Waals surface area contributed by atoms with E-state index in [1.807, 2.05) is 24.3 Å². The quantitative estimate of drug-likeness (QED) is 0.534. The molecule has 26 heavy (non-hydrogen) atoms. The third-order valence-electron chi connectivity index (χ3n) is 4.27. The number of hydrogen-bond acceptors (Lipinski definition) is 4. The molecular formula is C19H30N4O3. The highest BCUT2D eigenvalue weighted by Crippen LogP contribution is 2.17. The van der Waals surface area contributed by atoms with Crippen LogP contribution in [0.4, 0.5) is 0 Å². The summed E-state index contributed by atoms with van der Waals surface area (Å²) in [5.41, 5.74) is 1.13. The zero-order valence-corrected chi connectivity index (χ0v) is 16.0. The average molecular weight is 362 g/mol. The van der Waals surface area contributed by atoms with Gasteiger partial charge in [0, 0.05) is 33.8 Å². The maximum absolute atomic E-state index is 11.8. The molecule has 2 rings (SSSR count). The van der Waals surface area contributed by atoms with Crippen molar-refractivity contribution in [3.63, 3.8) is 0 Å². The lowest BCUT2D eigenvalue weighted by atomic mass is 10.1. The minimum Gasteiger partial charge on any atom is -0.496 e. The Balaban J connectivity index is 1.89. The van der Waals surface area contributed by atoms with E-state index in [9.17, 15) is 4.79 Å². The molecule has 1 aromatic carbocycles. The number of hydrogen-bond donors (Lipinski definition) is 2. The van der Waals surface area contributed by atoms with E-state index in [4.69, 9.17) is 9.47 Å².